The normalized spacial score (nSPS) is 12.5. The number of nitrogens with one attached hydrogen (secondary N) is 2. The predicted molar refractivity (Wildman–Crippen MR) is 116 cm³/mol. The molecule has 0 bridgehead atoms. The first kappa shape index (κ1) is 21.8. The minimum Gasteiger partial charge on any atom is -0.338 e. The molecular weight excluding hydrogens is 407 g/mol. The first-order valence-corrected chi connectivity index (χ1v) is 9.31. The van der Waals surface area contributed by atoms with Gasteiger partial charge in [-0.15, -0.1) is 0 Å². The van der Waals surface area contributed by atoms with Crippen molar-refractivity contribution in [1.29, 1.82) is 0 Å². The molecule has 9 heteroatoms. The third-order valence-corrected chi connectivity index (χ3v) is 4.24. The maximum absolute atomic E-state index is 12.6. The third-order valence-electron chi connectivity index (χ3n) is 4.24. The number of carbonyl (C=O) groups is 1. The number of anilines is 1. The number of aromatic nitrogens is 3. The number of halogens is 3. The van der Waals surface area contributed by atoms with Crippen molar-refractivity contribution in [1.82, 2.24) is 14.8 Å². The lowest BCUT2D eigenvalue weighted by molar-refractivity contribution is -0.139. The Morgan fingerprint density at radius 3 is 2.87 bits per heavy atom. The number of hydrogen-bond acceptors (Lipinski definition) is 3. The van der Waals surface area contributed by atoms with Gasteiger partial charge in [-0.05, 0) is 42.0 Å². The summed E-state index contributed by atoms with van der Waals surface area (Å²) in [6.45, 7) is 2.83. The van der Waals surface area contributed by atoms with E-state index in [1.54, 1.807) is 61.2 Å². The number of allylic oxidation sites excluding steroid dienone is 3. The molecule has 0 atom stereocenters. The second kappa shape index (κ2) is 9.75. The summed E-state index contributed by atoms with van der Waals surface area (Å²) >= 11 is 0. The van der Waals surface area contributed by atoms with Gasteiger partial charge in [0.05, 0.1) is 6.20 Å². The van der Waals surface area contributed by atoms with Crippen molar-refractivity contribution in [2.75, 3.05) is 5.32 Å². The van der Waals surface area contributed by atoms with Crippen LogP contribution in [-0.2, 0) is 11.3 Å². The smallest absolute Gasteiger partial charge is 0.338 e. The number of hydrogen-bond donors (Lipinski definition) is 2. The molecule has 0 aliphatic carbocycles. The van der Waals surface area contributed by atoms with Gasteiger partial charge in [-0.1, -0.05) is 12.7 Å². The summed E-state index contributed by atoms with van der Waals surface area (Å²) in [6, 6.07) is 6.34. The molecule has 2 aromatic heterocycles. The van der Waals surface area contributed by atoms with Crippen molar-refractivity contribution in [3.05, 3.63) is 79.4 Å². The number of rotatable bonds is 8. The van der Waals surface area contributed by atoms with Crippen molar-refractivity contribution in [2.24, 2.45) is 4.99 Å². The van der Waals surface area contributed by atoms with E-state index < -0.39 is 12.7 Å². The fourth-order valence-electron chi connectivity index (χ4n) is 2.81. The van der Waals surface area contributed by atoms with Gasteiger partial charge >= 0.3 is 6.18 Å². The first-order chi connectivity index (χ1) is 14.8. The zero-order valence-electron chi connectivity index (χ0n) is 16.4. The van der Waals surface area contributed by atoms with Gasteiger partial charge in [-0.2, -0.15) is 18.3 Å². The maximum atomic E-state index is 12.6. The van der Waals surface area contributed by atoms with Crippen molar-refractivity contribution in [2.45, 2.75) is 19.1 Å². The van der Waals surface area contributed by atoms with Crippen LogP contribution >= 0.6 is 0 Å². The Kier molecular flexibility index (Phi) is 6.86. The van der Waals surface area contributed by atoms with E-state index in [9.17, 15) is 18.0 Å². The monoisotopic (exact) mass is 427 g/mol. The van der Waals surface area contributed by atoms with Crippen molar-refractivity contribution in [3.63, 3.8) is 0 Å². The van der Waals surface area contributed by atoms with Crippen molar-refractivity contribution >= 4 is 34.3 Å². The number of H-pyrrole nitrogens is 1. The molecule has 31 heavy (non-hydrogen) atoms. The van der Waals surface area contributed by atoms with Gasteiger partial charge in [-0.3, -0.25) is 14.9 Å². The standard InChI is InChI=1S/C22H20F3N5O/c1-16(18-13-27-28-14-18)7-10-26-9-3-2-4-21(31)29-19-5-6-20-17(12-19)8-11-30(20)15-22(23,24)25/h2,4-14H,1,3,15H2,(H,27,28)(H,29,31)/b4-2+,10-7-,26-9-. The first-order valence-electron chi connectivity index (χ1n) is 9.31. The molecule has 1 aromatic carbocycles. The molecule has 160 valence electrons. The summed E-state index contributed by atoms with van der Waals surface area (Å²) in [5.74, 6) is -0.341. The molecule has 0 saturated carbocycles. The Bertz CT molecular complexity index is 1140. The second-order valence-corrected chi connectivity index (χ2v) is 6.62. The molecule has 0 unspecified atom stereocenters. The van der Waals surface area contributed by atoms with Gasteiger partial charge in [-0.25, -0.2) is 0 Å². The number of fused-ring (bicyclic) bond motifs is 1. The van der Waals surface area contributed by atoms with Crippen LogP contribution in [0.4, 0.5) is 18.9 Å². The van der Waals surface area contributed by atoms with Gasteiger partial charge in [0.15, 0.2) is 0 Å². The van der Waals surface area contributed by atoms with Crippen LogP contribution in [0.15, 0.2) is 78.9 Å². The van der Waals surface area contributed by atoms with Crippen LogP contribution in [0.25, 0.3) is 16.5 Å². The zero-order chi connectivity index (χ0) is 22.3. The van der Waals surface area contributed by atoms with E-state index in [0.29, 0.717) is 23.0 Å². The molecule has 0 spiro atoms. The lowest BCUT2D eigenvalue weighted by Gasteiger charge is -2.09. The Hall–Kier alpha value is -3.88. The second-order valence-electron chi connectivity index (χ2n) is 6.62. The van der Waals surface area contributed by atoms with Crippen LogP contribution in [0.3, 0.4) is 0 Å². The number of benzene rings is 1. The molecule has 2 N–H and O–H groups in total. The number of nitrogens with zero attached hydrogens (tertiary/aromatic N) is 3. The minimum atomic E-state index is -4.30. The number of aromatic amines is 1. The largest absolute Gasteiger partial charge is 0.406 e. The average molecular weight is 427 g/mol. The number of alkyl halides is 3. The number of aliphatic imine (C=N–C) groups is 1. The molecule has 0 aliphatic rings. The van der Waals surface area contributed by atoms with Crippen LogP contribution in [-0.4, -0.2) is 33.1 Å². The van der Waals surface area contributed by atoms with E-state index in [0.717, 1.165) is 15.7 Å². The molecule has 3 aromatic rings. The predicted octanol–water partition coefficient (Wildman–Crippen LogP) is 5.11. The van der Waals surface area contributed by atoms with Crippen LogP contribution in [0.2, 0.25) is 0 Å². The Morgan fingerprint density at radius 1 is 1.29 bits per heavy atom. The fraction of sp³-hybridized carbons (Fsp3) is 0.136. The molecule has 0 saturated heterocycles. The Balaban J connectivity index is 1.48. The minimum absolute atomic E-state index is 0.341. The van der Waals surface area contributed by atoms with Gasteiger partial charge in [0.1, 0.15) is 6.54 Å². The summed E-state index contributed by atoms with van der Waals surface area (Å²) in [4.78, 5) is 16.1. The summed E-state index contributed by atoms with van der Waals surface area (Å²) in [6.07, 6.45) is 8.93. The summed E-state index contributed by atoms with van der Waals surface area (Å²) in [5, 5.41) is 9.84. The van der Waals surface area contributed by atoms with E-state index in [1.807, 2.05) is 0 Å². The van der Waals surface area contributed by atoms with E-state index in [-0.39, 0.29) is 5.91 Å². The molecular formula is C22H20F3N5O. The topological polar surface area (TPSA) is 75.1 Å². The van der Waals surface area contributed by atoms with Crippen molar-refractivity contribution < 1.29 is 18.0 Å². The van der Waals surface area contributed by atoms with Crippen LogP contribution in [0.1, 0.15) is 12.0 Å². The Labute approximate surface area is 176 Å². The van der Waals surface area contributed by atoms with E-state index in [2.05, 4.69) is 27.1 Å². The maximum Gasteiger partial charge on any atom is 0.406 e. The highest BCUT2D eigenvalue weighted by molar-refractivity contribution is 6.00. The van der Waals surface area contributed by atoms with Crippen molar-refractivity contribution in [3.8, 4) is 0 Å². The lowest BCUT2D eigenvalue weighted by Crippen LogP contribution is -2.16. The van der Waals surface area contributed by atoms with Crippen LogP contribution < -0.4 is 5.32 Å². The van der Waals surface area contributed by atoms with Gasteiger partial charge in [0.2, 0.25) is 5.91 Å². The Morgan fingerprint density at radius 2 is 2.13 bits per heavy atom. The highest BCUT2D eigenvalue weighted by Gasteiger charge is 2.28. The fourth-order valence-corrected chi connectivity index (χ4v) is 2.81. The zero-order valence-corrected chi connectivity index (χ0v) is 16.4. The van der Waals surface area contributed by atoms with Crippen LogP contribution in [0.5, 0.6) is 0 Å². The molecule has 0 fully saturated rings. The van der Waals surface area contributed by atoms with E-state index in [1.165, 1.54) is 12.3 Å². The van der Waals surface area contributed by atoms with Gasteiger partial charge in [0, 0.05) is 53.4 Å². The average Bonchev–Trinajstić information content (AvgIpc) is 3.36. The molecule has 6 nitrogen and oxygen atoms in total. The molecule has 0 aliphatic heterocycles. The highest BCUT2D eigenvalue weighted by Crippen LogP contribution is 2.25. The highest BCUT2D eigenvalue weighted by atomic mass is 19.4. The molecule has 2 heterocycles. The lowest BCUT2D eigenvalue weighted by atomic mass is 10.2. The van der Waals surface area contributed by atoms with Gasteiger partial charge < -0.3 is 9.88 Å². The quantitative estimate of drug-likeness (QED) is 0.298. The van der Waals surface area contributed by atoms with Crippen LogP contribution in [0, 0.1) is 0 Å². The molecule has 3 rings (SSSR count). The molecule has 1 amide bonds. The number of amides is 1. The summed E-state index contributed by atoms with van der Waals surface area (Å²) < 4.78 is 38.9. The third kappa shape index (κ3) is 6.56. The van der Waals surface area contributed by atoms with E-state index >= 15 is 0 Å². The van der Waals surface area contributed by atoms with Gasteiger partial charge in [0.25, 0.3) is 0 Å². The summed E-state index contributed by atoms with van der Waals surface area (Å²) in [7, 11) is 0. The SMILES string of the molecule is C=C(/C=C\N=C/C/C=C/C(=O)Nc1ccc2c(ccn2CC(F)(F)F)c1)c1cn[nH]c1. The molecule has 0 radical (unpaired) electrons. The number of carbonyl (C=O) groups excluding carboxylic acids is 1. The summed E-state index contributed by atoms with van der Waals surface area (Å²) in [5.41, 5.74) is 2.59. The van der Waals surface area contributed by atoms with E-state index in [4.69, 9.17) is 0 Å².